The molecule has 0 amide bonds. The first kappa shape index (κ1) is 16.9. The molecular weight excluding hydrogens is 359 g/mol. The fourth-order valence-electron chi connectivity index (χ4n) is 2.54. The Morgan fingerprint density at radius 3 is 2.81 bits per heavy atom. The molecular formula is C14H20BrFN2O2S. The van der Waals surface area contributed by atoms with E-state index in [1.807, 2.05) is 6.92 Å². The molecule has 1 saturated heterocycles. The number of nitrogens with one attached hydrogen (secondary N) is 1. The van der Waals surface area contributed by atoms with E-state index < -0.39 is 15.8 Å². The molecule has 0 aromatic heterocycles. The first-order valence-electron chi connectivity index (χ1n) is 7.13. The summed E-state index contributed by atoms with van der Waals surface area (Å²) in [5, 5.41) is 3.31. The van der Waals surface area contributed by atoms with E-state index in [-0.39, 0.29) is 15.4 Å². The van der Waals surface area contributed by atoms with Crippen LogP contribution >= 0.6 is 15.9 Å². The highest BCUT2D eigenvalue weighted by atomic mass is 79.9. The highest BCUT2D eigenvalue weighted by molar-refractivity contribution is 9.10. The van der Waals surface area contributed by atoms with Gasteiger partial charge in [0.05, 0.1) is 4.90 Å². The van der Waals surface area contributed by atoms with Crippen LogP contribution in [0.4, 0.5) is 4.39 Å². The van der Waals surface area contributed by atoms with E-state index in [2.05, 4.69) is 21.2 Å². The molecule has 1 unspecified atom stereocenters. The lowest BCUT2D eigenvalue weighted by molar-refractivity contribution is 0.369. The minimum absolute atomic E-state index is 0.121. The molecule has 1 aromatic rings. The number of sulfonamides is 1. The largest absolute Gasteiger partial charge is 0.313 e. The van der Waals surface area contributed by atoms with Crippen molar-refractivity contribution < 1.29 is 12.8 Å². The highest BCUT2D eigenvalue weighted by Crippen LogP contribution is 2.26. The molecule has 7 heteroatoms. The third kappa shape index (κ3) is 4.03. The van der Waals surface area contributed by atoms with E-state index >= 15 is 0 Å². The molecule has 1 N–H and O–H groups in total. The third-order valence-corrected chi connectivity index (χ3v) is 6.41. The Morgan fingerprint density at radius 2 is 2.24 bits per heavy atom. The summed E-state index contributed by atoms with van der Waals surface area (Å²) in [6, 6.07) is 3.88. The lowest BCUT2D eigenvalue weighted by atomic mass is 10.2. The Bertz CT molecular complexity index is 589. The van der Waals surface area contributed by atoms with Crippen molar-refractivity contribution in [3.8, 4) is 0 Å². The van der Waals surface area contributed by atoms with Crippen LogP contribution in [0, 0.1) is 5.82 Å². The number of nitrogens with zero attached hydrogens (tertiary/aromatic N) is 1. The predicted molar refractivity (Wildman–Crippen MR) is 84.2 cm³/mol. The smallest absolute Gasteiger partial charge is 0.244 e. The topological polar surface area (TPSA) is 49.4 Å². The van der Waals surface area contributed by atoms with Crippen molar-refractivity contribution in [1.29, 1.82) is 0 Å². The minimum Gasteiger partial charge on any atom is -0.313 e. The maximum absolute atomic E-state index is 13.2. The molecule has 0 aliphatic carbocycles. The first-order chi connectivity index (χ1) is 9.95. The Kier molecular flexibility index (Phi) is 5.76. The zero-order chi connectivity index (χ0) is 15.5. The molecule has 1 aromatic carbocycles. The van der Waals surface area contributed by atoms with Crippen LogP contribution in [0.5, 0.6) is 0 Å². The van der Waals surface area contributed by atoms with Crippen molar-refractivity contribution in [1.82, 2.24) is 9.62 Å². The molecule has 0 saturated carbocycles. The second-order valence-electron chi connectivity index (χ2n) is 5.23. The lowest BCUT2D eigenvalue weighted by Crippen LogP contribution is -2.41. The van der Waals surface area contributed by atoms with Gasteiger partial charge in [0.1, 0.15) is 5.82 Å². The first-order valence-corrected chi connectivity index (χ1v) is 9.37. The van der Waals surface area contributed by atoms with Crippen LogP contribution in [0.3, 0.4) is 0 Å². The van der Waals surface area contributed by atoms with E-state index in [9.17, 15) is 12.8 Å². The quantitative estimate of drug-likeness (QED) is 0.827. The molecule has 0 radical (unpaired) electrons. The monoisotopic (exact) mass is 378 g/mol. The van der Waals surface area contributed by atoms with Crippen LogP contribution in [0.2, 0.25) is 0 Å². The molecule has 118 valence electrons. The predicted octanol–water partition coefficient (Wildman–Crippen LogP) is 2.74. The van der Waals surface area contributed by atoms with Crippen LogP contribution < -0.4 is 5.32 Å². The van der Waals surface area contributed by atoms with Gasteiger partial charge in [-0.25, -0.2) is 12.8 Å². The van der Waals surface area contributed by atoms with Crippen molar-refractivity contribution in [2.45, 2.75) is 37.1 Å². The zero-order valence-electron chi connectivity index (χ0n) is 12.0. The van der Waals surface area contributed by atoms with Gasteiger partial charge in [-0.05, 0) is 59.9 Å². The van der Waals surface area contributed by atoms with Crippen molar-refractivity contribution >= 4 is 26.0 Å². The summed E-state index contributed by atoms with van der Waals surface area (Å²) in [7, 11) is -3.62. The Hall–Kier alpha value is -0.500. The Labute approximate surface area is 133 Å². The average Bonchev–Trinajstić information content (AvgIpc) is 2.90. The van der Waals surface area contributed by atoms with E-state index in [4.69, 9.17) is 0 Å². The Morgan fingerprint density at radius 1 is 1.48 bits per heavy atom. The summed E-state index contributed by atoms with van der Waals surface area (Å²) in [5.41, 5.74) is 0. The summed E-state index contributed by atoms with van der Waals surface area (Å²) in [6.07, 6.45) is 2.80. The number of benzene rings is 1. The van der Waals surface area contributed by atoms with Crippen molar-refractivity contribution in [3.05, 3.63) is 28.5 Å². The highest BCUT2D eigenvalue weighted by Gasteiger charge is 2.29. The second-order valence-corrected chi connectivity index (χ2v) is 7.99. The van der Waals surface area contributed by atoms with Gasteiger partial charge in [-0.15, -0.1) is 0 Å². The fraction of sp³-hybridized carbons (Fsp3) is 0.571. The van der Waals surface area contributed by atoms with Crippen molar-refractivity contribution in [2.24, 2.45) is 0 Å². The van der Waals surface area contributed by atoms with E-state index in [1.54, 1.807) is 0 Å². The summed E-state index contributed by atoms with van der Waals surface area (Å²) < 4.78 is 40.5. The van der Waals surface area contributed by atoms with Crippen LogP contribution in [0.1, 0.15) is 26.2 Å². The number of halogens is 2. The standard InChI is InChI=1S/C14H20BrFN2O2S/c1-2-8-18(10-12-4-3-7-17-12)21(19,20)14-6-5-11(16)9-13(14)15/h5-6,9,12,17H,2-4,7-8,10H2,1H3. The molecule has 0 spiro atoms. The maximum Gasteiger partial charge on any atom is 0.244 e. The normalized spacial score (nSPS) is 19.3. The van der Waals surface area contributed by atoms with E-state index in [1.165, 1.54) is 22.5 Å². The van der Waals surface area contributed by atoms with Crippen LogP contribution in [-0.2, 0) is 10.0 Å². The number of rotatable bonds is 6. The lowest BCUT2D eigenvalue weighted by Gasteiger charge is -2.25. The van der Waals surface area contributed by atoms with Gasteiger partial charge in [0.25, 0.3) is 0 Å². The molecule has 4 nitrogen and oxygen atoms in total. The molecule has 1 aliphatic rings. The molecule has 1 fully saturated rings. The average molecular weight is 379 g/mol. The second kappa shape index (κ2) is 7.17. The SMILES string of the molecule is CCCN(CC1CCCN1)S(=O)(=O)c1ccc(F)cc1Br. The summed E-state index contributed by atoms with van der Waals surface area (Å²) >= 11 is 3.15. The molecule has 1 heterocycles. The van der Waals surface area contributed by atoms with Gasteiger partial charge < -0.3 is 5.32 Å². The maximum atomic E-state index is 13.2. The van der Waals surface area contributed by atoms with Gasteiger partial charge in [-0.1, -0.05) is 6.92 Å². The van der Waals surface area contributed by atoms with Crippen molar-refractivity contribution in [3.63, 3.8) is 0 Å². The van der Waals surface area contributed by atoms with Crippen LogP contribution in [0.25, 0.3) is 0 Å². The van der Waals surface area contributed by atoms with Gasteiger partial charge in [0, 0.05) is 23.6 Å². The summed E-state index contributed by atoms with van der Waals surface area (Å²) in [6.45, 7) is 3.81. The van der Waals surface area contributed by atoms with Crippen molar-refractivity contribution in [2.75, 3.05) is 19.6 Å². The van der Waals surface area contributed by atoms with Gasteiger partial charge in [-0.3, -0.25) is 0 Å². The van der Waals surface area contributed by atoms with Gasteiger partial charge in [0.2, 0.25) is 10.0 Å². The molecule has 1 atom stereocenters. The number of hydrogen-bond donors (Lipinski definition) is 1. The van der Waals surface area contributed by atoms with Gasteiger partial charge in [-0.2, -0.15) is 4.31 Å². The van der Waals surface area contributed by atoms with Gasteiger partial charge in [0.15, 0.2) is 0 Å². The fourth-order valence-corrected chi connectivity index (χ4v) is 5.13. The molecule has 21 heavy (non-hydrogen) atoms. The molecule has 2 rings (SSSR count). The zero-order valence-corrected chi connectivity index (χ0v) is 14.4. The number of hydrogen-bond acceptors (Lipinski definition) is 3. The van der Waals surface area contributed by atoms with Crippen LogP contribution in [0.15, 0.2) is 27.6 Å². The third-order valence-electron chi connectivity index (χ3n) is 3.57. The molecule has 1 aliphatic heterocycles. The summed E-state index contributed by atoms with van der Waals surface area (Å²) in [5.74, 6) is -0.458. The van der Waals surface area contributed by atoms with Crippen LogP contribution in [-0.4, -0.2) is 38.4 Å². The summed E-state index contributed by atoms with van der Waals surface area (Å²) in [4.78, 5) is 0.121. The van der Waals surface area contributed by atoms with Gasteiger partial charge >= 0.3 is 0 Å². The molecule has 0 bridgehead atoms. The van der Waals surface area contributed by atoms with E-state index in [0.717, 1.165) is 25.8 Å². The van der Waals surface area contributed by atoms with E-state index in [0.29, 0.717) is 13.1 Å². The Balaban J connectivity index is 2.27. The minimum atomic E-state index is -3.62.